The number of nitrogens with zero attached hydrogens (tertiary/aromatic N) is 2. The molecule has 0 aliphatic carbocycles. The average molecular weight is 210 g/mol. The number of hydrogen-bond donors (Lipinski definition) is 1. The molecule has 6 nitrogen and oxygen atoms in total. The summed E-state index contributed by atoms with van der Waals surface area (Å²) in [5.74, 6) is -1.11. The van der Waals surface area contributed by atoms with E-state index in [1.54, 1.807) is 0 Å². The number of carboxylic acids is 1. The number of anilines is 1. The molecule has 0 saturated carbocycles. The van der Waals surface area contributed by atoms with Gasteiger partial charge in [0, 0.05) is 7.05 Å². The van der Waals surface area contributed by atoms with E-state index in [9.17, 15) is 9.59 Å². The highest BCUT2D eigenvalue weighted by molar-refractivity contribution is 5.88. The van der Waals surface area contributed by atoms with Crippen LogP contribution in [0.5, 0.6) is 0 Å². The molecule has 0 unspecified atom stereocenters. The number of carboxylic acid groups (broad SMARTS) is 1. The van der Waals surface area contributed by atoms with E-state index >= 15 is 0 Å². The lowest BCUT2D eigenvalue weighted by Crippen LogP contribution is -2.26. The van der Waals surface area contributed by atoms with Crippen LogP contribution in [0.15, 0.2) is 18.3 Å². The van der Waals surface area contributed by atoms with Gasteiger partial charge in [0.05, 0.1) is 19.0 Å². The Hall–Kier alpha value is -2.11. The number of carbonyl (C=O) groups is 2. The van der Waals surface area contributed by atoms with Crippen LogP contribution in [0.4, 0.5) is 10.5 Å². The molecule has 0 atom stereocenters. The first-order valence-electron chi connectivity index (χ1n) is 4.07. The van der Waals surface area contributed by atoms with Gasteiger partial charge in [-0.05, 0) is 12.1 Å². The lowest BCUT2D eigenvalue weighted by molar-refractivity contribution is 0.0690. The average Bonchev–Trinajstić information content (AvgIpc) is 2.27. The Morgan fingerprint density at radius 1 is 1.47 bits per heavy atom. The van der Waals surface area contributed by atoms with Gasteiger partial charge in [-0.1, -0.05) is 0 Å². The van der Waals surface area contributed by atoms with E-state index in [1.165, 1.54) is 37.4 Å². The fourth-order valence-electron chi connectivity index (χ4n) is 0.953. The molecule has 1 rings (SSSR count). The van der Waals surface area contributed by atoms with Crippen molar-refractivity contribution in [1.29, 1.82) is 0 Å². The fourth-order valence-corrected chi connectivity index (χ4v) is 0.953. The van der Waals surface area contributed by atoms with Crippen LogP contribution in [0, 0.1) is 0 Å². The third kappa shape index (κ3) is 2.43. The van der Waals surface area contributed by atoms with Crippen molar-refractivity contribution in [3.8, 4) is 0 Å². The van der Waals surface area contributed by atoms with Crippen molar-refractivity contribution < 1.29 is 19.4 Å². The van der Waals surface area contributed by atoms with Gasteiger partial charge in [-0.15, -0.1) is 0 Å². The van der Waals surface area contributed by atoms with Crippen LogP contribution < -0.4 is 4.90 Å². The minimum Gasteiger partial charge on any atom is -0.477 e. The van der Waals surface area contributed by atoms with Gasteiger partial charge in [0.1, 0.15) is 5.69 Å². The van der Waals surface area contributed by atoms with Gasteiger partial charge < -0.3 is 9.84 Å². The number of aromatic nitrogens is 1. The monoisotopic (exact) mass is 210 g/mol. The number of aromatic carboxylic acids is 1. The zero-order valence-electron chi connectivity index (χ0n) is 8.30. The van der Waals surface area contributed by atoms with Gasteiger partial charge in [-0.2, -0.15) is 0 Å². The van der Waals surface area contributed by atoms with Crippen LogP contribution >= 0.6 is 0 Å². The molecule has 0 fully saturated rings. The quantitative estimate of drug-likeness (QED) is 0.787. The lowest BCUT2D eigenvalue weighted by atomic mass is 10.3. The van der Waals surface area contributed by atoms with E-state index in [1.807, 2.05) is 0 Å². The molecule has 0 aliphatic rings. The molecule has 1 amide bonds. The predicted molar refractivity (Wildman–Crippen MR) is 52.0 cm³/mol. The van der Waals surface area contributed by atoms with Crippen LogP contribution in [-0.4, -0.2) is 36.3 Å². The normalized spacial score (nSPS) is 9.47. The predicted octanol–water partition coefficient (Wildman–Crippen LogP) is 0.982. The standard InChI is InChI=1S/C9H10N2O4/c1-11(9(14)15-2)6-3-4-7(8(12)13)10-5-6/h3-5H,1-2H3,(H,12,13). The maximum absolute atomic E-state index is 11.1. The SMILES string of the molecule is COC(=O)N(C)c1ccc(C(=O)O)nc1. The molecule has 1 heterocycles. The van der Waals surface area contributed by atoms with Crippen molar-refractivity contribution in [2.75, 3.05) is 19.1 Å². The van der Waals surface area contributed by atoms with Gasteiger partial charge in [-0.3, -0.25) is 4.90 Å². The Morgan fingerprint density at radius 2 is 2.13 bits per heavy atom. The Bertz CT molecular complexity index is 374. The highest BCUT2D eigenvalue weighted by Crippen LogP contribution is 2.11. The fraction of sp³-hybridized carbons (Fsp3) is 0.222. The smallest absolute Gasteiger partial charge is 0.413 e. The molecule has 1 aromatic rings. The first kappa shape index (κ1) is 11.0. The molecule has 6 heteroatoms. The summed E-state index contributed by atoms with van der Waals surface area (Å²) < 4.78 is 4.49. The minimum atomic E-state index is -1.11. The van der Waals surface area contributed by atoms with E-state index in [0.717, 1.165) is 0 Å². The first-order chi connectivity index (χ1) is 7.06. The van der Waals surface area contributed by atoms with Gasteiger partial charge in [0.25, 0.3) is 0 Å². The van der Waals surface area contributed by atoms with Crippen LogP contribution in [0.1, 0.15) is 10.5 Å². The van der Waals surface area contributed by atoms with Crippen molar-refractivity contribution in [3.05, 3.63) is 24.0 Å². The maximum Gasteiger partial charge on any atom is 0.413 e. The Labute approximate surface area is 86.1 Å². The Kier molecular flexibility index (Phi) is 3.22. The molecule has 0 aliphatic heterocycles. The first-order valence-corrected chi connectivity index (χ1v) is 4.07. The van der Waals surface area contributed by atoms with Crippen molar-refractivity contribution in [3.63, 3.8) is 0 Å². The van der Waals surface area contributed by atoms with Gasteiger partial charge in [0.15, 0.2) is 0 Å². The Balaban J connectivity index is 2.89. The van der Waals surface area contributed by atoms with Crippen LogP contribution in [0.2, 0.25) is 0 Å². The molecule has 0 radical (unpaired) electrons. The molecule has 15 heavy (non-hydrogen) atoms. The summed E-state index contributed by atoms with van der Waals surface area (Å²) >= 11 is 0. The van der Waals surface area contributed by atoms with E-state index < -0.39 is 12.1 Å². The van der Waals surface area contributed by atoms with E-state index in [2.05, 4.69) is 9.72 Å². The highest BCUT2D eigenvalue weighted by atomic mass is 16.5. The van der Waals surface area contributed by atoms with Crippen LogP contribution in [0.25, 0.3) is 0 Å². The molecule has 0 saturated heterocycles. The third-order valence-electron chi connectivity index (χ3n) is 1.80. The summed E-state index contributed by atoms with van der Waals surface area (Å²) in [6.45, 7) is 0. The van der Waals surface area contributed by atoms with Crippen molar-refractivity contribution >= 4 is 17.7 Å². The summed E-state index contributed by atoms with van der Waals surface area (Å²) in [6, 6.07) is 2.80. The van der Waals surface area contributed by atoms with Crippen LogP contribution in [-0.2, 0) is 4.74 Å². The second-order valence-electron chi connectivity index (χ2n) is 2.74. The second-order valence-corrected chi connectivity index (χ2v) is 2.74. The van der Waals surface area contributed by atoms with Crippen LogP contribution in [0.3, 0.4) is 0 Å². The number of methoxy groups -OCH3 is 1. The van der Waals surface area contributed by atoms with E-state index in [4.69, 9.17) is 5.11 Å². The van der Waals surface area contributed by atoms with E-state index in [0.29, 0.717) is 5.69 Å². The number of amides is 1. The number of hydrogen-bond acceptors (Lipinski definition) is 4. The lowest BCUT2D eigenvalue weighted by Gasteiger charge is -2.14. The molecular formula is C9H10N2O4. The summed E-state index contributed by atoms with van der Waals surface area (Å²) in [5.41, 5.74) is 0.392. The molecular weight excluding hydrogens is 200 g/mol. The van der Waals surface area contributed by atoms with E-state index in [-0.39, 0.29) is 5.69 Å². The van der Waals surface area contributed by atoms with Gasteiger partial charge >= 0.3 is 12.1 Å². The third-order valence-corrected chi connectivity index (χ3v) is 1.80. The van der Waals surface area contributed by atoms with Gasteiger partial charge in [-0.25, -0.2) is 14.6 Å². The largest absolute Gasteiger partial charge is 0.477 e. The summed E-state index contributed by atoms with van der Waals surface area (Å²) in [5, 5.41) is 8.60. The molecule has 0 aromatic carbocycles. The molecule has 0 spiro atoms. The topological polar surface area (TPSA) is 79.7 Å². The summed E-state index contributed by atoms with van der Waals surface area (Å²) in [7, 11) is 2.77. The highest BCUT2D eigenvalue weighted by Gasteiger charge is 2.11. The second kappa shape index (κ2) is 4.41. The summed E-state index contributed by atoms with van der Waals surface area (Å²) in [6.07, 6.45) is 0.750. The van der Waals surface area contributed by atoms with Crippen molar-refractivity contribution in [1.82, 2.24) is 4.98 Å². The Morgan fingerprint density at radius 3 is 2.53 bits per heavy atom. The number of carbonyl (C=O) groups excluding carboxylic acids is 1. The maximum atomic E-state index is 11.1. The minimum absolute atomic E-state index is 0.0722. The number of ether oxygens (including phenoxy) is 1. The summed E-state index contributed by atoms with van der Waals surface area (Å²) in [4.78, 5) is 26.5. The zero-order valence-corrected chi connectivity index (χ0v) is 8.30. The molecule has 1 aromatic heterocycles. The molecule has 1 N–H and O–H groups in total. The number of rotatable bonds is 2. The molecule has 0 bridgehead atoms. The van der Waals surface area contributed by atoms with Gasteiger partial charge in [0.2, 0.25) is 0 Å². The number of pyridine rings is 1. The zero-order chi connectivity index (χ0) is 11.4. The molecule has 80 valence electrons. The van der Waals surface area contributed by atoms with Crippen molar-refractivity contribution in [2.45, 2.75) is 0 Å². The van der Waals surface area contributed by atoms with Crippen molar-refractivity contribution in [2.24, 2.45) is 0 Å².